The second kappa shape index (κ2) is 4.84. The molecule has 2 aromatic rings. The Hall–Kier alpha value is -2.07. The van der Waals surface area contributed by atoms with Crippen molar-refractivity contribution in [1.82, 2.24) is 4.98 Å². The first-order valence-corrected chi connectivity index (χ1v) is 5.38. The number of hydrogen-bond donors (Lipinski definition) is 2. The molecule has 1 aromatic carbocycles. The van der Waals surface area contributed by atoms with Crippen molar-refractivity contribution in [2.75, 3.05) is 11.9 Å². The summed E-state index contributed by atoms with van der Waals surface area (Å²) in [6.07, 6.45) is 1.76. The van der Waals surface area contributed by atoms with Crippen LogP contribution in [0.1, 0.15) is 5.56 Å². The van der Waals surface area contributed by atoms with Crippen molar-refractivity contribution in [3.63, 3.8) is 0 Å². The Balaban J connectivity index is 2.27. The highest BCUT2D eigenvalue weighted by atomic mass is 16.3. The number of phenolic OH excluding ortho intramolecular Hbond substituents is 1. The second-order valence-electron chi connectivity index (χ2n) is 3.81. The third-order valence-corrected chi connectivity index (χ3v) is 2.61. The quantitative estimate of drug-likeness (QED) is 0.845. The van der Waals surface area contributed by atoms with E-state index in [0.29, 0.717) is 6.54 Å². The minimum Gasteiger partial charge on any atom is -0.508 e. The van der Waals surface area contributed by atoms with Gasteiger partial charge < -0.3 is 15.7 Å². The van der Waals surface area contributed by atoms with Gasteiger partial charge in [-0.15, -0.1) is 0 Å². The average Bonchev–Trinajstić information content (AvgIpc) is 2.38. The van der Waals surface area contributed by atoms with E-state index in [1.54, 1.807) is 24.4 Å². The number of pyridine rings is 1. The molecule has 0 aliphatic rings. The summed E-state index contributed by atoms with van der Waals surface area (Å²) in [7, 11) is 1.90. The fourth-order valence-electron chi connectivity index (χ4n) is 1.57. The van der Waals surface area contributed by atoms with E-state index in [1.807, 2.05) is 30.1 Å². The van der Waals surface area contributed by atoms with Gasteiger partial charge in [-0.25, -0.2) is 4.98 Å². The number of nitrogens with zero attached hydrogens (tertiary/aromatic N) is 2. The van der Waals surface area contributed by atoms with Crippen molar-refractivity contribution < 1.29 is 5.11 Å². The third-order valence-electron chi connectivity index (χ3n) is 2.61. The molecule has 4 nitrogen and oxygen atoms in total. The van der Waals surface area contributed by atoms with Gasteiger partial charge in [-0.05, 0) is 23.8 Å². The Morgan fingerprint density at radius 3 is 2.71 bits per heavy atom. The number of anilines is 2. The van der Waals surface area contributed by atoms with E-state index < -0.39 is 0 Å². The molecule has 17 heavy (non-hydrogen) atoms. The van der Waals surface area contributed by atoms with Crippen molar-refractivity contribution in [1.29, 1.82) is 0 Å². The van der Waals surface area contributed by atoms with Gasteiger partial charge in [0.25, 0.3) is 0 Å². The summed E-state index contributed by atoms with van der Waals surface area (Å²) in [5.74, 6) is 1.06. The van der Waals surface area contributed by atoms with Gasteiger partial charge in [0.05, 0.1) is 0 Å². The number of rotatable bonds is 3. The molecular weight excluding hydrogens is 214 g/mol. The van der Waals surface area contributed by atoms with Crippen molar-refractivity contribution in [2.45, 2.75) is 6.54 Å². The van der Waals surface area contributed by atoms with Crippen LogP contribution in [0.2, 0.25) is 0 Å². The highest BCUT2D eigenvalue weighted by Gasteiger charge is 2.05. The summed E-state index contributed by atoms with van der Waals surface area (Å²) in [5, 5.41) is 9.43. The molecule has 0 radical (unpaired) electrons. The summed E-state index contributed by atoms with van der Waals surface area (Å²) >= 11 is 0. The number of aromatic hydroxyl groups is 1. The lowest BCUT2D eigenvalue weighted by atomic mass is 10.2. The van der Waals surface area contributed by atoms with Crippen molar-refractivity contribution >= 4 is 11.5 Å². The molecule has 4 heteroatoms. The zero-order valence-corrected chi connectivity index (χ0v) is 9.67. The van der Waals surface area contributed by atoms with Gasteiger partial charge >= 0.3 is 0 Å². The smallest absolute Gasteiger partial charge is 0.132 e. The van der Waals surface area contributed by atoms with Crippen LogP contribution in [0.3, 0.4) is 0 Å². The summed E-state index contributed by atoms with van der Waals surface area (Å²) in [4.78, 5) is 6.22. The van der Waals surface area contributed by atoms with E-state index in [2.05, 4.69) is 4.98 Å². The maximum absolute atomic E-state index is 9.43. The van der Waals surface area contributed by atoms with Crippen molar-refractivity contribution in [3.05, 3.63) is 48.2 Å². The summed E-state index contributed by atoms with van der Waals surface area (Å²) < 4.78 is 0. The molecule has 0 atom stereocenters. The molecule has 0 spiro atoms. The summed E-state index contributed by atoms with van der Waals surface area (Å²) in [6, 6.07) is 10.9. The van der Waals surface area contributed by atoms with Crippen LogP contribution in [0.5, 0.6) is 5.75 Å². The van der Waals surface area contributed by atoms with Crippen LogP contribution in [-0.2, 0) is 6.54 Å². The monoisotopic (exact) mass is 229 g/mol. The minimum atomic E-state index is 0.243. The zero-order chi connectivity index (χ0) is 12.3. The van der Waals surface area contributed by atoms with Crippen LogP contribution >= 0.6 is 0 Å². The van der Waals surface area contributed by atoms with E-state index in [1.165, 1.54) is 0 Å². The summed E-state index contributed by atoms with van der Waals surface area (Å²) in [5.41, 5.74) is 7.41. The normalized spacial score (nSPS) is 10.2. The first kappa shape index (κ1) is 11.4. The number of phenols is 1. The molecule has 1 aromatic heterocycles. The van der Waals surface area contributed by atoms with Crippen LogP contribution in [0.25, 0.3) is 0 Å². The molecule has 0 bridgehead atoms. The fraction of sp³-hybridized carbons (Fsp3) is 0.154. The van der Waals surface area contributed by atoms with E-state index in [4.69, 9.17) is 5.73 Å². The minimum absolute atomic E-state index is 0.243. The Kier molecular flexibility index (Phi) is 3.25. The van der Waals surface area contributed by atoms with Gasteiger partial charge in [-0.3, -0.25) is 0 Å². The first-order valence-electron chi connectivity index (χ1n) is 5.38. The maximum atomic E-state index is 9.43. The molecule has 0 aliphatic heterocycles. The third kappa shape index (κ3) is 2.54. The highest BCUT2D eigenvalue weighted by molar-refractivity contribution is 5.60. The number of benzene rings is 1. The molecule has 0 saturated carbocycles. The van der Waals surface area contributed by atoms with E-state index in [9.17, 15) is 5.11 Å². The van der Waals surface area contributed by atoms with Gasteiger partial charge in [0, 0.05) is 31.5 Å². The van der Waals surface area contributed by atoms with Crippen LogP contribution in [0.15, 0.2) is 42.6 Å². The average molecular weight is 229 g/mol. The molecule has 0 unspecified atom stereocenters. The molecule has 2 rings (SSSR count). The predicted molar refractivity (Wildman–Crippen MR) is 68.3 cm³/mol. The standard InChI is InChI=1S/C13H15N3O/c1-16(11-3-2-4-12(17)7-11)13-6-5-10(8-14)9-15-13/h2-7,9,17H,8,14H2,1H3. The molecule has 0 saturated heterocycles. The molecule has 1 heterocycles. The van der Waals surface area contributed by atoms with E-state index >= 15 is 0 Å². The Morgan fingerprint density at radius 1 is 1.29 bits per heavy atom. The van der Waals surface area contributed by atoms with E-state index in [-0.39, 0.29) is 5.75 Å². The lowest BCUT2D eigenvalue weighted by molar-refractivity contribution is 0.475. The predicted octanol–water partition coefficient (Wildman–Crippen LogP) is 2.01. The van der Waals surface area contributed by atoms with Gasteiger partial charge in [0.2, 0.25) is 0 Å². The first-order chi connectivity index (χ1) is 8.20. The van der Waals surface area contributed by atoms with Crippen LogP contribution in [0, 0.1) is 0 Å². The van der Waals surface area contributed by atoms with Crippen LogP contribution in [-0.4, -0.2) is 17.1 Å². The molecule has 0 amide bonds. The van der Waals surface area contributed by atoms with Crippen molar-refractivity contribution in [3.8, 4) is 5.75 Å². The Labute approximate surface area is 100 Å². The Bertz CT molecular complexity index is 496. The topological polar surface area (TPSA) is 62.4 Å². The van der Waals surface area contributed by atoms with Gasteiger partial charge in [0.15, 0.2) is 0 Å². The van der Waals surface area contributed by atoms with Crippen LogP contribution < -0.4 is 10.6 Å². The maximum Gasteiger partial charge on any atom is 0.132 e. The van der Waals surface area contributed by atoms with Gasteiger partial charge in [0.1, 0.15) is 11.6 Å². The lowest BCUT2D eigenvalue weighted by Gasteiger charge is -2.18. The van der Waals surface area contributed by atoms with E-state index in [0.717, 1.165) is 17.1 Å². The van der Waals surface area contributed by atoms with Crippen molar-refractivity contribution in [2.24, 2.45) is 5.73 Å². The SMILES string of the molecule is CN(c1cccc(O)c1)c1ccc(CN)cn1. The van der Waals surface area contributed by atoms with Crippen LogP contribution in [0.4, 0.5) is 11.5 Å². The molecule has 0 fully saturated rings. The molecular formula is C13H15N3O. The zero-order valence-electron chi connectivity index (χ0n) is 9.67. The Morgan fingerprint density at radius 2 is 2.12 bits per heavy atom. The molecule has 88 valence electrons. The highest BCUT2D eigenvalue weighted by Crippen LogP contribution is 2.24. The van der Waals surface area contributed by atoms with Gasteiger partial charge in [-0.2, -0.15) is 0 Å². The largest absolute Gasteiger partial charge is 0.508 e. The van der Waals surface area contributed by atoms with Gasteiger partial charge in [-0.1, -0.05) is 12.1 Å². The lowest BCUT2D eigenvalue weighted by Crippen LogP contribution is -2.11. The second-order valence-corrected chi connectivity index (χ2v) is 3.81. The number of aromatic nitrogens is 1. The fourth-order valence-corrected chi connectivity index (χ4v) is 1.57. The number of nitrogens with two attached hydrogens (primary N) is 1. The summed E-state index contributed by atoms with van der Waals surface area (Å²) in [6.45, 7) is 0.489. The molecule has 3 N–H and O–H groups in total. The number of hydrogen-bond acceptors (Lipinski definition) is 4. The molecule has 0 aliphatic carbocycles.